The van der Waals surface area contributed by atoms with Crippen molar-refractivity contribution in [2.45, 2.75) is 39.7 Å². The highest BCUT2D eigenvalue weighted by Crippen LogP contribution is 2.33. The van der Waals surface area contributed by atoms with Crippen molar-refractivity contribution >= 4 is 17.3 Å². The molecule has 3 heteroatoms. The number of nitrogens with two attached hydrogens (primary N) is 1. The number of rotatable bonds is 4. The number of hydrogen-bond acceptors (Lipinski definition) is 2. The summed E-state index contributed by atoms with van der Waals surface area (Å²) in [6.45, 7) is 8.31. The number of nitrogen functional groups attached to an aromatic ring is 1. The molecule has 2 nitrogen and oxygen atoms in total. The molecule has 1 atom stereocenters. The molecular weight excluding hydrogens is 282 g/mol. The molecular formula is C18H22ClNO. The summed E-state index contributed by atoms with van der Waals surface area (Å²) in [5.41, 5.74) is 9.74. The van der Waals surface area contributed by atoms with Crippen LogP contribution in [-0.2, 0) is 0 Å². The monoisotopic (exact) mass is 303 g/mol. The maximum atomic E-state index is 6.30. The molecule has 0 heterocycles. The van der Waals surface area contributed by atoms with Crippen LogP contribution in [0.4, 0.5) is 5.69 Å². The summed E-state index contributed by atoms with van der Waals surface area (Å²) in [5.74, 6) is 1.25. The first-order valence-corrected chi connectivity index (χ1v) is 7.58. The van der Waals surface area contributed by atoms with Gasteiger partial charge in [-0.3, -0.25) is 0 Å². The predicted molar refractivity (Wildman–Crippen MR) is 90.2 cm³/mol. The van der Waals surface area contributed by atoms with Crippen LogP contribution in [0.5, 0.6) is 5.75 Å². The Hall–Kier alpha value is -1.67. The summed E-state index contributed by atoms with van der Waals surface area (Å²) in [6.07, 6.45) is -0.0366. The van der Waals surface area contributed by atoms with Crippen molar-refractivity contribution in [1.82, 2.24) is 0 Å². The molecule has 2 aromatic carbocycles. The normalized spacial score (nSPS) is 12.5. The predicted octanol–water partition coefficient (Wildman–Crippen LogP) is 5.49. The second kappa shape index (κ2) is 6.40. The highest BCUT2D eigenvalue weighted by Gasteiger charge is 2.13. The topological polar surface area (TPSA) is 35.2 Å². The largest absolute Gasteiger partial charge is 0.486 e. The van der Waals surface area contributed by atoms with Gasteiger partial charge in [-0.2, -0.15) is 0 Å². The number of benzene rings is 2. The fourth-order valence-corrected chi connectivity index (χ4v) is 2.70. The van der Waals surface area contributed by atoms with Gasteiger partial charge in [0.2, 0.25) is 0 Å². The fourth-order valence-electron chi connectivity index (χ4n) is 2.26. The van der Waals surface area contributed by atoms with Gasteiger partial charge in [0.05, 0.1) is 0 Å². The highest BCUT2D eigenvalue weighted by atomic mass is 35.5. The highest BCUT2D eigenvalue weighted by molar-refractivity contribution is 6.31. The lowest BCUT2D eigenvalue weighted by atomic mass is 10.0. The number of hydrogen-bond donors (Lipinski definition) is 1. The lowest BCUT2D eigenvalue weighted by Crippen LogP contribution is -2.05. The van der Waals surface area contributed by atoms with Crippen LogP contribution in [0.25, 0.3) is 0 Å². The van der Waals surface area contributed by atoms with Crippen LogP contribution in [0, 0.1) is 6.92 Å². The zero-order chi connectivity index (χ0) is 15.6. The summed E-state index contributed by atoms with van der Waals surface area (Å²) in [4.78, 5) is 0. The molecule has 0 amide bonds. The minimum absolute atomic E-state index is 0.0366. The van der Waals surface area contributed by atoms with Crippen molar-refractivity contribution in [2.75, 3.05) is 5.73 Å². The van der Waals surface area contributed by atoms with E-state index in [0.29, 0.717) is 5.92 Å². The van der Waals surface area contributed by atoms with Gasteiger partial charge in [0.25, 0.3) is 0 Å². The van der Waals surface area contributed by atoms with Crippen molar-refractivity contribution in [1.29, 1.82) is 0 Å². The van der Waals surface area contributed by atoms with Crippen molar-refractivity contribution in [2.24, 2.45) is 0 Å². The number of anilines is 1. The maximum absolute atomic E-state index is 6.30. The van der Waals surface area contributed by atoms with Gasteiger partial charge in [-0.1, -0.05) is 37.6 Å². The van der Waals surface area contributed by atoms with Gasteiger partial charge in [-0.15, -0.1) is 0 Å². The summed E-state index contributed by atoms with van der Waals surface area (Å²) in [6, 6.07) is 11.8. The van der Waals surface area contributed by atoms with Gasteiger partial charge in [-0.05, 0) is 60.7 Å². The van der Waals surface area contributed by atoms with Gasteiger partial charge in [0.15, 0.2) is 0 Å². The molecule has 0 saturated heterocycles. The van der Waals surface area contributed by atoms with Crippen LogP contribution in [0.1, 0.15) is 49.5 Å². The van der Waals surface area contributed by atoms with E-state index in [-0.39, 0.29) is 6.10 Å². The van der Waals surface area contributed by atoms with Gasteiger partial charge in [-0.25, -0.2) is 0 Å². The molecule has 0 aliphatic carbocycles. The van der Waals surface area contributed by atoms with E-state index in [1.165, 1.54) is 0 Å². The van der Waals surface area contributed by atoms with Crippen LogP contribution in [0.3, 0.4) is 0 Å². The zero-order valence-corrected chi connectivity index (χ0v) is 13.7. The minimum atomic E-state index is -0.0366. The molecule has 0 bridgehead atoms. The summed E-state index contributed by atoms with van der Waals surface area (Å²) in [7, 11) is 0. The molecule has 0 aromatic heterocycles. The molecule has 2 aromatic rings. The van der Waals surface area contributed by atoms with E-state index in [0.717, 1.165) is 33.1 Å². The quantitative estimate of drug-likeness (QED) is 0.757. The van der Waals surface area contributed by atoms with Gasteiger partial charge in [0, 0.05) is 10.7 Å². The first kappa shape index (κ1) is 15.7. The molecule has 112 valence electrons. The number of halogens is 1. The maximum Gasteiger partial charge on any atom is 0.123 e. The Morgan fingerprint density at radius 1 is 1.05 bits per heavy atom. The molecule has 2 N–H and O–H groups in total. The van der Waals surface area contributed by atoms with Gasteiger partial charge >= 0.3 is 0 Å². The SMILES string of the molecule is Cc1cc(Cl)c(C(C)C)cc1OC(C)c1ccc(N)cc1. The molecule has 2 rings (SSSR count). The minimum Gasteiger partial charge on any atom is -0.486 e. The molecule has 21 heavy (non-hydrogen) atoms. The smallest absolute Gasteiger partial charge is 0.123 e. The molecule has 0 saturated carbocycles. The van der Waals surface area contributed by atoms with E-state index in [1.807, 2.05) is 44.2 Å². The van der Waals surface area contributed by atoms with E-state index >= 15 is 0 Å². The van der Waals surface area contributed by atoms with E-state index in [4.69, 9.17) is 22.1 Å². The van der Waals surface area contributed by atoms with Crippen molar-refractivity contribution in [3.63, 3.8) is 0 Å². The Labute approximate surface area is 131 Å². The average Bonchev–Trinajstić information content (AvgIpc) is 2.42. The number of aryl methyl sites for hydroxylation is 1. The first-order chi connectivity index (χ1) is 9.88. The summed E-state index contributed by atoms with van der Waals surface area (Å²) in [5, 5.41) is 0.801. The van der Waals surface area contributed by atoms with Gasteiger partial charge < -0.3 is 10.5 Å². The molecule has 0 spiro atoms. The van der Waals surface area contributed by atoms with Gasteiger partial charge in [0.1, 0.15) is 11.9 Å². The standard InChI is InChI=1S/C18H22ClNO/c1-11(2)16-10-18(12(3)9-17(16)19)21-13(4)14-5-7-15(20)8-6-14/h5-11,13H,20H2,1-4H3. The molecule has 0 fully saturated rings. The lowest BCUT2D eigenvalue weighted by Gasteiger charge is -2.19. The zero-order valence-electron chi connectivity index (χ0n) is 13.0. The lowest BCUT2D eigenvalue weighted by molar-refractivity contribution is 0.225. The van der Waals surface area contributed by atoms with E-state index in [2.05, 4.69) is 19.9 Å². The Kier molecular flexibility index (Phi) is 4.79. The second-order valence-corrected chi connectivity index (χ2v) is 6.13. The van der Waals surface area contributed by atoms with Crippen LogP contribution >= 0.6 is 11.6 Å². The summed E-state index contributed by atoms with van der Waals surface area (Å²) < 4.78 is 6.12. The van der Waals surface area contributed by atoms with E-state index in [1.54, 1.807) is 0 Å². The van der Waals surface area contributed by atoms with E-state index < -0.39 is 0 Å². The van der Waals surface area contributed by atoms with Crippen molar-refractivity contribution in [3.05, 3.63) is 58.1 Å². The Morgan fingerprint density at radius 3 is 2.24 bits per heavy atom. The third-order valence-electron chi connectivity index (χ3n) is 3.63. The van der Waals surface area contributed by atoms with Crippen molar-refractivity contribution in [3.8, 4) is 5.75 Å². The molecule has 0 aliphatic heterocycles. The average molecular weight is 304 g/mol. The third kappa shape index (κ3) is 3.70. The van der Waals surface area contributed by atoms with Crippen molar-refractivity contribution < 1.29 is 4.74 Å². The molecule has 0 radical (unpaired) electrons. The fraction of sp³-hybridized carbons (Fsp3) is 0.333. The second-order valence-electron chi connectivity index (χ2n) is 5.72. The molecule has 1 unspecified atom stereocenters. The van der Waals surface area contributed by atoms with Crippen LogP contribution in [0.2, 0.25) is 5.02 Å². The van der Waals surface area contributed by atoms with Crippen LogP contribution in [-0.4, -0.2) is 0 Å². The Morgan fingerprint density at radius 2 is 1.67 bits per heavy atom. The number of ether oxygens (including phenoxy) is 1. The van der Waals surface area contributed by atoms with Crippen LogP contribution in [0.15, 0.2) is 36.4 Å². The Balaban J connectivity index is 2.26. The van der Waals surface area contributed by atoms with Crippen LogP contribution < -0.4 is 10.5 Å². The Bertz CT molecular complexity index is 620. The first-order valence-electron chi connectivity index (χ1n) is 7.20. The molecule has 0 aliphatic rings. The third-order valence-corrected chi connectivity index (χ3v) is 3.95. The summed E-state index contributed by atoms with van der Waals surface area (Å²) >= 11 is 6.30. The van der Waals surface area contributed by atoms with E-state index in [9.17, 15) is 0 Å².